The summed E-state index contributed by atoms with van der Waals surface area (Å²) in [6.45, 7) is 4.21. The Morgan fingerprint density at radius 3 is 2.73 bits per heavy atom. The van der Waals surface area contributed by atoms with Crippen LogP contribution >= 0.6 is 12.4 Å². The SMILES string of the molecule is Cc1cc(CCCc2ccccc2)oc(=O)c1C(=O)N1C[C@H]2CCC[C@@H](C1)NC2.Cl. The summed E-state index contributed by atoms with van der Waals surface area (Å²) in [5, 5.41) is 3.56. The first-order valence-corrected chi connectivity index (χ1v) is 10.8. The highest BCUT2D eigenvalue weighted by molar-refractivity contribution is 5.95. The maximum Gasteiger partial charge on any atom is 0.349 e. The molecule has 0 spiro atoms. The van der Waals surface area contributed by atoms with Crippen LogP contribution in [-0.2, 0) is 12.8 Å². The van der Waals surface area contributed by atoms with Gasteiger partial charge < -0.3 is 14.6 Å². The zero-order valence-electron chi connectivity index (χ0n) is 17.6. The number of nitrogens with zero attached hydrogens (tertiary/aromatic N) is 1. The van der Waals surface area contributed by atoms with E-state index in [4.69, 9.17) is 4.42 Å². The molecule has 2 aliphatic heterocycles. The molecule has 2 aliphatic rings. The van der Waals surface area contributed by atoms with Crippen LogP contribution in [0.25, 0.3) is 0 Å². The van der Waals surface area contributed by atoms with Crippen LogP contribution in [0.2, 0.25) is 0 Å². The Bertz CT molecular complexity index is 898. The van der Waals surface area contributed by atoms with Gasteiger partial charge in [-0.15, -0.1) is 12.4 Å². The predicted octanol–water partition coefficient (Wildman–Crippen LogP) is 3.76. The maximum absolute atomic E-state index is 13.2. The van der Waals surface area contributed by atoms with E-state index in [1.54, 1.807) is 0 Å². The van der Waals surface area contributed by atoms with Crippen LogP contribution in [0, 0.1) is 12.8 Å². The molecule has 2 aromatic rings. The summed E-state index contributed by atoms with van der Waals surface area (Å²) in [6, 6.07) is 12.5. The lowest BCUT2D eigenvalue weighted by Gasteiger charge is -2.28. The van der Waals surface area contributed by atoms with Gasteiger partial charge in [0.25, 0.3) is 5.91 Å². The van der Waals surface area contributed by atoms with Crippen LogP contribution in [0.5, 0.6) is 0 Å². The Morgan fingerprint density at radius 1 is 1.17 bits per heavy atom. The molecule has 2 fully saturated rings. The van der Waals surface area contributed by atoms with Crippen molar-refractivity contribution in [2.24, 2.45) is 5.92 Å². The fourth-order valence-electron chi connectivity index (χ4n) is 4.64. The molecule has 5 nitrogen and oxygen atoms in total. The van der Waals surface area contributed by atoms with Gasteiger partial charge in [0.15, 0.2) is 0 Å². The Labute approximate surface area is 184 Å². The van der Waals surface area contributed by atoms with Crippen molar-refractivity contribution < 1.29 is 9.21 Å². The second kappa shape index (κ2) is 10.3. The molecule has 6 heteroatoms. The van der Waals surface area contributed by atoms with Gasteiger partial charge in [-0.25, -0.2) is 4.79 Å². The molecular formula is C24H31ClN2O3. The predicted molar refractivity (Wildman–Crippen MR) is 120 cm³/mol. The summed E-state index contributed by atoms with van der Waals surface area (Å²) in [4.78, 5) is 27.7. The molecular weight excluding hydrogens is 400 g/mol. The molecule has 30 heavy (non-hydrogen) atoms. The molecule has 0 aliphatic carbocycles. The average Bonchev–Trinajstić information content (AvgIpc) is 3.03. The van der Waals surface area contributed by atoms with Gasteiger partial charge in [0.2, 0.25) is 0 Å². The lowest BCUT2D eigenvalue weighted by atomic mass is 9.99. The molecule has 3 heterocycles. The largest absolute Gasteiger partial charge is 0.427 e. The lowest BCUT2D eigenvalue weighted by Crippen LogP contribution is -2.43. The average molecular weight is 431 g/mol. The highest BCUT2D eigenvalue weighted by Gasteiger charge is 2.31. The number of fused-ring (bicyclic) bond motifs is 3. The Kier molecular flexibility index (Phi) is 7.73. The topological polar surface area (TPSA) is 62.6 Å². The molecule has 1 N–H and O–H groups in total. The highest BCUT2D eigenvalue weighted by atomic mass is 35.5. The molecule has 1 aromatic carbocycles. The van der Waals surface area contributed by atoms with Gasteiger partial charge in [0.1, 0.15) is 11.3 Å². The van der Waals surface area contributed by atoms with E-state index in [1.807, 2.05) is 36.1 Å². The summed E-state index contributed by atoms with van der Waals surface area (Å²) in [7, 11) is 0. The molecule has 0 radical (unpaired) electrons. The molecule has 1 amide bonds. The summed E-state index contributed by atoms with van der Waals surface area (Å²) >= 11 is 0. The number of hydrogen-bond acceptors (Lipinski definition) is 4. The number of nitrogens with one attached hydrogen (secondary N) is 1. The number of aryl methyl sites for hydroxylation is 3. The minimum atomic E-state index is -0.493. The number of hydrogen-bond donors (Lipinski definition) is 1. The standard InChI is InChI=1S/C24H30N2O3.ClH/c1-17-13-21(12-6-9-18-7-3-2-4-8-18)29-24(28)22(17)23(27)26-15-19-10-5-11-20(16-26)25-14-19;/h2-4,7-8,13,19-20,25H,5-6,9-12,14-16H2,1H3;1H/t19-,20-;/m0./s1. The normalized spacial score (nSPS) is 20.9. The van der Waals surface area contributed by atoms with E-state index < -0.39 is 5.63 Å². The summed E-state index contributed by atoms with van der Waals surface area (Å²) < 4.78 is 5.55. The molecule has 2 atom stereocenters. The molecule has 4 rings (SSSR count). The third-order valence-corrected chi connectivity index (χ3v) is 6.21. The van der Waals surface area contributed by atoms with Gasteiger partial charge in [-0.3, -0.25) is 4.79 Å². The first-order valence-electron chi connectivity index (χ1n) is 10.8. The molecule has 2 saturated heterocycles. The van der Waals surface area contributed by atoms with Gasteiger partial charge in [-0.05, 0) is 62.3 Å². The summed E-state index contributed by atoms with van der Waals surface area (Å²) in [5.41, 5.74) is 1.71. The van der Waals surface area contributed by atoms with Crippen LogP contribution < -0.4 is 10.9 Å². The third kappa shape index (κ3) is 5.32. The molecule has 0 saturated carbocycles. The minimum Gasteiger partial charge on any atom is -0.427 e. The number of amides is 1. The van der Waals surface area contributed by atoms with E-state index in [0.29, 0.717) is 30.7 Å². The minimum absolute atomic E-state index is 0. The van der Waals surface area contributed by atoms with Crippen LogP contribution in [0.1, 0.15) is 52.9 Å². The van der Waals surface area contributed by atoms with Crippen molar-refractivity contribution in [3.63, 3.8) is 0 Å². The number of likely N-dealkylation sites (tertiary alicyclic amines) is 1. The van der Waals surface area contributed by atoms with Crippen molar-refractivity contribution in [3.8, 4) is 0 Å². The van der Waals surface area contributed by atoms with Crippen molar-refractivity contribution >= 4 is 18.3 Å². The van der Waals surface area contributed by atoms with Crippen molar-refractivity contribution in [2.45, 2.75) is 51.5 Å². The monoisotopic (exact) mass is 430 g/mol. The second-order valence-electron chi connectivity index (χ2n) is 8.51. The molecule has 0 unspecified atom stereocenters. The van der Waals surface area contributed by atoms with E-state index in [-0.39, 0.29) is 23.9 Å². The molecule has 162 valence electrons. The van der Waals surface area contributed by atoms with Gasteiger partial charge in [-0.2, -0.15) is 0 Å². The fraction of sp³-hybridized carbons (Fsp3) is 0.500. The first-order chi connectivity index (χ1) is 14.1. The third-order valence-electron chi connectivity index (χ3n) is 6.21. The van der Waals surface area contributed by atoms with Gasteiger partial charge in [0.05, 0.1) is 0 Å². The van der Waals surface area contributed by atoms with Crippen LogP contribution in [-0.4, -0.2) is 36.5 Å². The van der Waals surface area contributed by atoms with Gasteiger partial charge >= 0.3 is 5.63 Å². The number of benzene rings is 1. The fourth-order valence-corrected chi connectivity index (χ4v) is 4.64. The lowest BCUT2D eigenvalue weighted by molar-refractivity contribution is 0.0714. The van der Waals surface area contributed by atoms with Crippen LogP contribution in [0.15, 0.2) is 45.6 Å². The quantitative estimate of drug-likeness (QED) is 0.784. The van der Waals surface area contributed by atoms with E-state index in [9.17, 15) is 9.59 Å². The Hall–Kier alpha value is -2.11. The second-order valence-corrected chi connectivity index (χ2v) is 8.51. The van der Waals surface area contributed by atoms with Crippen molar-refractivity contribution in [3.05, 3.63) is 69.3 Å². The van der Waals surface area contributed by atoms with E-state index in [1.165, 1.54) is 12.0 Å². The molecule has 1 aromatic heterocycles. The smallest absolute Gasteiger partial charge is 0.349 e. The summed E-state index contributed by atoms with van der Waals surface area (Å²) in [6.07, 6.45) is 5.98. The highest BCUT2D eigenvalue weighted by Crippen LogP contribution is 2.22. The van der Waals surface area contributed by atoms with Crippen LogP contribution in [0.3, 0.4) is 0 Å². The zero-order valence-corrected chi connectivity index (χ0v) is 18.4. The van der Waals surface area contributed by atoms with Gasteiger partial charge in [0, 0.05) is 25.6 Å². The number of halogens is 1. The maximum atomic E-state index is 13.2. The van der Waals surface area contributed by atoms with Gasteiger partial charge in [-0.1, -0.05) is 36.8 Å². The van der Waals surface area contributed by atoms with Crippen molar-refractivity contribution in [2.75, 3.05) is 19.6 Å². The van der Waals surface area contributed by atoms with E-state index in [2.05, 4.69) is 17.4 Å². The Balaban J connectivity index is 0.00000256. The number of carbonyl (C=O) groups is 1. The van der Waals surface area contributed by atoms with Crippen LogP contribution in [0.4, 0.5) is 0 Å². The first kappa shape index (κ1) is 22.6. The van der Waals surface area contributed by atoms with E-state index in [0.717, 1.165) is 44.3 Å². The zero-order chi connectivity index (χ0) is 20.2. The Morgan fingerprint density at radius 2 is 1.97 bits per heavy atom. The number of carbonyl (C=O) groups excluding carboxylic acids is 1. The number of rotatable bonds is 5. The summed E-state index contributed by atoms with van der Waals surface area (Å²) in [5.74, 6) is 0.957. The van der Waals surface area contributed by atoms with Crippen molar-refractivity contribution in [1.29, 1.82) is 0 Å². The molecule has 2 bridgehead atoms. The van der Waals surface area contributed by atoms with Crippen molar-refractivity contribution in [1.82, 2.24) is 10.2 Å². The van der Waals surface area contributed by atoms with E-state index >= 15 is 0 Å².